The van der Waals surface area contributed by atoms with Crippen LogP contribution in [0.4, 0.5) is 4.79 Å². The Morgan fingerprint density at radius 2 is 1.82 bits per heavy atom. The summed E-state index contributed by atoms with van der Waals surface area (Å²) in [4.78, 5) is 27.1. The molecule has 176 valence electrons. The highest BCUT2D eigenvalue weighted by Crippen LogP contribution is 2.36. The van der Waals surface area contributed by atoms with Gasteiger partial charge in [0.05, 0.1) is 26.0 Å². The van der Waals surface area contributed by atoms with Gasteiger partial charge in [0.25, 0.3) is 5.91 Å². The van der Waals surface area contributed by atoms with E-state index in [2.05, 4.69) is 10.4 Å². The Morgan fingerprint density at radius 1 is 1.12 bits per heavy atom. The molecule has 8 heteroatoms. The Bertz CT molecular complexity index is 1030. The van der Waals surface area contributed by atoms with Gasteiger partial charge >= 0.3 is 6.03 Å². The highest BCUT2D eigenvalue weighted by molar-refractivity contribution is 6.05. The number of benzene rings is 2. The van der Waals surface area contributed by atoms with E-state index >= 15 is 0 Å². The van der Waals surface area contributed by atoms with Crippen LogP contribution in [-0.4, -0.2) is 60.9 Å². The average Bonchev–Trinajstić information content (AvgIpc) is 3.23. The maximum atomic E-state index is 13.3. The highest BCUT2D eigenvalue weighted by Gasteiger charge is 2.35. The number of likely N-dealkylation sites (N-methyl/N-ethyl adjacent to an activating group) is 1. The SMILES string of the molecule is COc1ccc(C2=NN(C(=O)CN(C)C(=O)NC(C)(C)C)[C@H](c3ccccc3)C2)c(OC)c1. The average molecular weight is 453 g/mol. The predicted octanol–water partition coefficient (Wildman–Crippen LogP) is 3.82. The maximum absolute atomic E-state index is 13.3. The zero-order chi connectivity index (χ0) is 24.2. The largest absolute Gasteiger partial charge is 0.497 e. The van der Waals surface area contributed by atoms with Crippen LogP contribution in [0.15, 0.2) is 53.6 Å². The van der Waals surface area contributed by atoms with E-state index in [-0.39, 0.29) is 24.5 Å². The number of carbonyl (C=O) groups is 2. The summed E-state index contributed by atoms with van der Waals surface area (Å²) in [6.45, 7) is 5.59. The number of hydrogen-bond donors (Lipinski definition) is 1. The summed E-state index contributed by atoms with van der Waals surface area (Å²) in [5, 5.41) is 9.04. The molecule has 8 nitrogen and oxygen atoms in total. The lowest BCUT2D eigenvalue weighted by molar-refractivity contribution is -0.133. The quantitative estimate of drug-likeness (QED) is 0.722. The van der Waals surface area contributed by atoms with Crippen molar-refractivity contribution < 1.29 is 19.1 Å². The van der Waals surface area contributed by atoms with Gasteiger partial charge in [-0.3, -0.25) is 4.79 Å². The molecule has 1 N–H and O–H groups in total. The third-order valence-electron chi connectivity index (χ3n) is 5.27. The van der Waals surface area contributed by atoms with Gasteiger partial charge in [0.2, 0.25) is 0 Å². The highest BCUT2D eigenvalue weighted by atomic mass is 16.5. The Balaban J connectivity index is 1.90. The summed E-state index contributed by atoms with van der Waals surface area (Å²) in [5.41, 5.74) is 2.11. The number of rotatable bonds is 6. The number of nitrogens with zero attached hydrogens (tertiary/aromatic N) is 3. The zero-order valence-corrected chi connectivity index (χ0v) is 20.1. The Kier molecular flexibility index (Phi) is 7.26. The molecule has 2 aromatic carbocycles. The molecule has 1 heterocycles. The van der Waals surface area contributed by atoms with Crippen LogP contribution in [0.3, 0.4) is 0 Å². The molecule has 0 saturated heterocycles. The minimum atomic E-state index is -0.398. The summed E-state index contributed by atoms with van der Waals surface area (Å²) < 4.78 is 10.9. The summed E-state index contributed by atoms with van der Waals surface area (Å²) in [5.74, 6) is 1.03. The fraction of sp³-hybridized carbons (Fsp3) is 0.400. The third-order valence-corrected chi connectivity index (χ3v) is 5.27. The second-order valence-electron chi connectivity index (χ2n) is 9.02. The fourth-order valence-corrected chi connectivity index (χ4v) is 3.64. The van der Waals surface area contributed by atoms with Crippen LogP contribution in [0.5, 0.6) is 11.5 Å². The molecule has 0 aliphatic carbocycles. The zero-order valence-electron chi connectivity index (χ0n) is 20.1. The second kappa shape index (κ2) is 9.94. The summed E-state index contributed by atoms with van der Waals surface area (Å²) in [7, 11) is 4.79. The lowest BCUT2D eigenvalue weighted by atomic mass is 9.98. The van der Waals surface area contributed by atoms with Crippen molar-refractivity contribution in [1.82, 2.24) is 15.2 Å². The van der Waals surface area contributed by atoms with Gasteiger partial charge in [0.1, 0.15) is 18.0 Å². The van der Waals surface area contributed by atoms with Crippen LogP contribution >= 0.6 is 0 Å². The molecule has 1 aliphatic rings. The molecule has 1 aliphatic heterocycles. The molecule has 0 spiro atoms. The third kappa shape index (κ3) is 5.83. The summed E-state index contributed by atoms with van der Waals surface area (Å²) in [6, 6.07) is 14.7. The van der Waals surface area contributed by atoms with Gasteiger partial charge in [0.15, 0.2) is 0 Å². The summed E-state index contributed by atoms with van der Waals surface area (Å²) in [6.07, 6.45) is 0.524. The van der Waals surface area contributed by atoms with E-state index in [0.717, 1.165) is 16.8 Å². The number of carbonyl (C=O) groups excluding carboxylic acids is 2. The van der Waals surface area contributed by atoms with Crippen LogP contribution in [0, 0.1) is 0 Å². The van der Waals surface area contributed by atoms with Crippen molar-refractivity contribution in [1.29, 1.82) is 0 Å². The topological polar surface area (TPSA) is 83.5 Å². The van der Waals surface area contributed by atoms with E-state index in [1.165, 1.54) is 9.91 Å². The van der Waals surface area contributed by atoms with E-state index in [4.69, 9.17) is 9.47 Å². The van der Waals surface area contributed by atoms with Crippen LogP contribution in [0.2, 0.25) is 0 Å². The maximum Gasteiger partial charge on any atom is 0.318 e. The van der Waals surface area contributed by atoms with E-state index in [9.17, 15) is 9.59 Å². The first-order valence-corrected chi connectivity index (χ1v) is 10.8. The van der Waals surface area contributed by atoms with Crippen molar-refractivity contribution >= 4 is 17.6 Å². The molecular formula is C25H32N4O4. The van der Waals surface area contributed by atoms with Gasteiger partial charge in [-0.2, -0.15) is 5.10 Å². The van der Waals surface area contributed by atoms with Crippen LogP contribution in [0.1, 0.15) is 44.4 Å². The second-order valence-corrected chi connectivity index (χ2v) is 9.02. The predicted molar refractivity (Wildman–Crippen MR) is 128 cm³/mol. The van der Waals surface area contributed by atoms with Crippen molar-refractivity contribution in [2.75, 3.05) is 27.8 Å². The number of ether oxygens (including phenoxy) is 2. The minimum absolute atomic E-state index is 0.0955. The number of nitrogens with one attached hydrogen (secondary N) is 1. The standard InChI is InChI=1S/C25H32N4O4/c1-25(2,3)26-24(31)28(4)16-23(30)29-21(17-10-8-7-9-11-17)15-20(27-29)19-13-12-18(32-5)14-22(19)33-6/h7-14,21H,15-16H2,1-6H3,(H,26,31)/t21-/m0/s1. The van der Waals surface area contributed by atoms with Crippen LogP contribution in [0.25, 0.3) is 0 Å². The van der Waals surface area contributed by atoms with Gasteiger partial charge in [-0.1, -0.05) is 30.3 Å². The molecular weight excluding hydrogens is 420 g/mol. The molecule has 2 aromatic rings. The molecule has 3 rings (SSSR count). The lowest BCUT2D eigenvalue weighted by Gasteiger charge is -2.27. The fourth-order valence-electron chi connectivity index (χ4n) is 3.64. The first-order chi connectivity index (χ1) is 15.6. The molecule has 1 atom stereocenters. The van der Waals surface area contributed by atoms with Crippen LogP contribution in [-0.2, 0) is 4.79 Å². The lowest BCUT2D eigenvalue weighted by Crippen LogP contribution is -2.49. The molecule has 0 bridgehead atoms. The number of hydrogen-bond acceptors (Lipinski definition) is 5. The Morgan fingerprint density at radius 3 is 2.42 bits per heavy atom. The number of urea groups is 1. The Labute approximate surface area is 195 Å². The number of amides is 3. The first kappa shape index (κ1) is 24.1. The molecule has 0 radical (unpaired) electrons. The van der Waals surface area contributed by atoms with E-state index in [1.807, 2.05) is 63.2 Å². The van der Waals surface area contributed by atoms with Crippen molar-refractivity contribution in [3.8, 4) is 11.5 Å². The normalized spacial score (nSPS) is 15.6. The monoisotopic (exact) mass is 452 g/mol. The number of methoxy groups -OCH3 is 2. The van der Waals surface area contributed by atoms with Gasteiger partial charge in [-0.25, -0.2) is 9.80 Å². The van der Waals surface area contributed by atoms with Crippen molar-refractivity contribution in [2.24, 2.45) is 5.10 Å². The van der Waals surface area contributed by atoms with Crippen molar-refractivity contribution in [2.45, 2.75) is 38.8 Å². The van der Waals surface area contributed by atoms with E-state index in [0.29, 0.717) is 17.9 Å². The van der Waals surface area contributed by atoms with Gasteiger partial charge in [-0.15, -0.1) is 0 Å². The number of hydrazone groups is 1. The van der Waals surface area contributed by atoms with Gasteiger partial charge in [-0.05, 0) is 38.5 Å². The summed E-state index contributed by atoms with van der Waals surface area (Å²) >= 11 is 0. The van der Waals surface area contributed by atoms with Gasteiger partial charge < -0.3 is 19.7 Å². The van der Waals surface area contributed by atoms with Gasteiger partial charge in [0, 0.05) is 30.6 Å². The molecule has 0 unspecified atom stereocenters. The molecule has 3 amide bonds. The van der Waals surface area contributed by atoms with Crippen molar-refractivity contribution in [3.05, 3.63) is 59.7 Å². The van der Waals surface area contributed by atoms with E-state index in [1.54, 1.807) is 27.3 Å². The molecule has 0 aromatic heterocycles. The van der Waals surface area contributed by atoms with Crippen LogP contribution < -0.4 is 14.8 Å². The van der Waals surface area contributed by atoms with Crippen molar-refractivity contribution in [3.63, 3.8) is 0 Å². The minimum Gasteiger partial charge on any atom is -0.497 e. The molecule has 33 heavy (non-hydrogen) atoms. The smallest absolute Gasteiger partial charge is 0.318 e. The Hall–Kier alpha value is -3.55. The molecule has 0 fully saturated rings. The first-order valence-electron chi connectivity index (χ1n) is 10.8. The molecule has 0 saturated carbocycles. The van der Waals surface area contributed by atoms with E-state index < -0.39 is 5.54 Å².